The zero-order valence-electron chi connectivity index (χ0n) is 16.3. The first-order valence-electron chi connectivity index (χ1n) is 8.72. The Morgan fingerprint density at radius 1 is 1.10 bits per heavy atom. The predicted molar refractivity (Wildman–Crippen MR) is 110 cm³/mol. The molecule has 1 aliphatic rings. The number of carbonyl (C=O) groups is 2. The van der Waals surface area contributed by atoms with Gasteiger partial charge in [-0.25, -0.2) is 9.59 Å². The molecule has 6 nitrogen and oxygen atoms in total. The molecule has 1 N–H and O–H groups in total. The zero-order valence-corrected chi connectivity index (χ0v) is 17.8. The van der Waals surface area contributed by atoms with E-state index in [1.807, 2.05) is 0 Å². The third kappa shape index (κ3) is 5.13. The molecule has 1 aromatic rings. The number of carbonyl (C=O) groups excluding carboxylic acids is 2. The summed E-state index contributed by atoms with van der Waals surface area (Å²) >= 11 is 12.6. The Balaban J connectivity index is 2.60. The Morgan fingerprint density at radius 2 is 1.72 bits per heavy atom. The number of rotatable bonds is 7. The minimum absolute atomic E-state index is 0.0572. The summed E-state index contributed by atoms with van der Waals surface area (Å²) in [7, 11) is 1.50. The lowest BCUT2D eigenvalue weighted by atomic mass is 9.80. The third-order valence-corrected chi connectivity index (χ3v) is 5.13. The highest BCUT2D eigenvalue weighted by molar-refractivity contribution is 6.42. The van der Waals surface area contributed by atoms with Crippen molar-refractivity contribution in [3.63, 3.8) is 0 Å². The Morgan fingerprint density at radius 3 is 2.31 bits per heavy atom. The molecule has 29 heavy (non-hydrogen) atoms. The van der Waals surface area contributed by atoms with Crippen molar-refractivity contribution in [1.82, 2.24) is 5.32 Å². The fraction of sp³-hybridized carbons (Fsp3) is 0.333. The van der Waals surface area contributed by atoms with Crippen LogP contribution >= 0.6 is 23.2 Å². The van der Waals surface area contributed by atoms with Crippen molar-refractivity contribution in [2.24, 2.45) is 0 Å². The predicted octanol–water partition coefficient (Wildman–Crippen LogP) is 3.59. The fourth-order valence-electron chi connectivity index (χ4n) is 3.07. The van der Waals surface area contributed by atoms with Gasteiger partial charge < -0.3 is 19.5 Å². The van der Waals surface area contributed by atoms with Crippen molar-refractivity contribution in [1.29, 1.82) is 0 Å². The molecule has 1 unspecified atom stereocenters. The van der Waals surface area contributed by atoms with Gasteiger partial charge in [0, 0.05) is 18.5 Å². The molecule has 0 saturated heterocycles. The first kappa shape index (κ1) is 22.8. The highest BCUT2D eigenvalue weighted by Crippen LogP contribution is 2.43. The second kappa shape index (κ2) is 10.4. The second-order valence-corrected chi connectivity index (χ2v) is 6.97. The lowest BCUT2D eigenvalue weighted by Gasteiger charge is -2.31. The number of benzene rings is 1. The van der Waals surface area contributed by atoms with Crippen molar-refractivity contribution in [2.75, 3.05) is 26.9 Å². The van der Waals surface area contributed by atoms with Gasteiger partial charge in [-0.1, -0.05) is 41.3 Å². The molecule has 1 heterocycles. The van der Waals surface area contributed by atoms with E-state index in [1.165, 1.54) is 7.11 Å². The normalized spacial score (nSPS) is 16.2. The van der Waals surface area contributed by atoms with Gasteiger partial charge in [0.2, 0.25) is 0 Å². The van der Waals surface area contributed by atoms with Crippen LogP contribution in [-0.4, -0.2) is 38.9 Å². The van der Waals surface area contributed by atoms with Crippen molar-refractivity contribution >= 4 is 35.1 Å². The minimum Gasteiger partial charge on any atom is -0.460 e. The highest BCUT2D eigenvalue weighted by atomic mass is 35.5. The van der Waals surface area contributed by atoms with Gasteiger partial charge in [0.1, 0.15) is 6.61 Å². The SMILES string of the molecule is C#CCOC(=O)C1=C(C)NC(C)=C(C(=O)OCCOC)C1c1cccc(Cl)c1Cl. The highest BCUT2D eigenvalue weighted by Gasteiger charge is 2.39. The number of hydrogen-bond acceptors (Lipinski definition) is 6. The number of nitrogens with one attached hydrogen (secondary N) is 1. The number of terminal acetylenes is 1. The summed E-state index contributed by atoms with van der Waals surface area (Å²) in [6.45, 7) is 3.50. The van der Waals surface area contributed by atoms with E-state index in [1.54, 1.807) is 32.0 Å². The number of ether oxygens (including phenoxy) is 3. The van der Waals surface area contributed by atoms with Crippen LogP contribution in [0.2, 0.25) is 10.0 Å². The Kier molecular flexibility index (Phi) is 8.15. The average Bonchev–Trinajstić information content (AvgIpc) is 2.67. The smallest absolute Gasteiger partial charge is 0.337 e. The van der Waals surface area contributed by atoms with E-state index in [-0.39, 0.29) is 36.0 Å². The molecule has 0 amide bonds. The lowest BCUT2D eigenvalue weighted by Crippen LogP contribution is -2.33. The number of dihydropyridines is 1. The summed E-state index contributed by atoms with van der Waals surface area (Å²) in [4.78, 5) is 25.7. The maximum atomic E-state index is 12.9. The van der Waals surface area contributed by atoms with Crippen LogP contribution in [0.1, 0.15) is 25.3 Å². The Hall–Kier alpha value is -2.46. The van der Waals surface area contributed by atoms with Gasteiger partial charge in [-0.15, -0.1) is 6.42 Å². The van der Waals surface area contributed by atoms with Gasteiger partial charge in [-0.2, -0.15) is 0 Å². The van der Waals surface area contributed by atoms with Gasteiger partial charge in [-0.05, 0) is 25.5 Å². The lowest BCUT2D eigenvalue weighted by molar-refractivity contribution is -0.140. The molecular formula is C21H21Cl2NO5. The molecule has 2 rings (SSSR count). The number of hydrogen-bond donors (Lipinski definition) is 1. The maximum absolute atomic E-state index is 12.9. The largest absolute Gasteiger partial charge is 0.460 e. The molecule has 0 aliphatic carbocycles. The van der Waals surface area contributed by atoms with E-state index in [0.717, 1.165) is 0 Å². The molecule has 0 saturated carbocycles. The summed E-state index contributed by atoms with van der Waals surface area (Å²) < 4.78 is 15.4. The second-order valence-electron chi connectivity index (χ2n) is 6.19. The van der Waals surface area contributed by atoms with Gasteiger partial charge in [0.15, 0.2) is 6.61 Å². The standard InChI is InChI=1S/C21H21Cl2NO5/c1-5-9-28-20(25)16-12(2)24-13(3)17(21(26)29-11-10-27-4)18(16)14-7-6-8-15(22)19(14)23/h1,6-8,18,24H,9-11H2,2-4H3. The number of esters is 2. The number of allylic oxidation sites excluding steroid dienone is 2. The van der Waals surface area contributed by atoms with E-state index in [4.69, 9.17) is 43.8 Å². The monoisotopic (exact) mass is 437 g/mol. The van der Waals surface area contributed by atoms with Crippen molar-refractivity contribution in [3.05, 3.63) is 56.3 Å². The van der Waals surface area contributed by atoms with Gasteiger partial charge >= 0.3 is 11.9 Å². The minimum atomic E-state index is -0.845. The molecule has 1 atom stereocenters. The summed E-state index contributed by atoms with van der Waals surface area (Å²) in [6.07, 6.45) is 5.20. The van der Waals surface area contributed by atoms with Gasteiger partial charge in [-0.3, -0.25) is 0 Å². The quantitative estimate of drug-likeness (QED) is 0.399. The topological polar surface area (TPSA) is 73.9 Å². The molecule has 0 fully saturated rings. The number of halogens is 2. The molecule has 1 aromatic carbocycles. The van der Waals surface area contributed by atoms with Crippen LogP contribution < -0.4 is 5.32 Å². The zero-order chi connectivity index (χ0) is 21.6. The van der Waals surface area contributed by atoms with Crippen LogP contribution in [0.3, 0.4) is 0 Å². The third-order valence-electron chi connectivity index (χ3n) is 4.30. The van der Waals surface area contributed by atoms with Crippen LogP contribution in [0.15, 0.2) is 40.7 Å². The molecule has 0 radical (unpaired) electrons. The Labute approximate surface area is 179 Å². The van der Waals surface area contributed by atoms with Crippen LogP contribution in [0, 0.1) is 12.3 Å². The summed E-state index contributed by atoms with van der Waals surface area (Å²) in [5, 5.41) is 3.56. The van der Waals surface area contributed by atoms with Crippen LogP contribution in [0.25, 0.3) is 0 Å². The molecule has 1 aliphatic heterocycles. The summed E-state index contributed by atoms with van der Waals surface area (Å²) in [6, 6.07) is 5.00. The molecule has 8 heteroatoms. The molecule has 0 aromatic heterocycles. The van der Waals surface area contributed by atoms with Crippen LogP contribution in [-0.2, 0) is 23.8 Å². The van der Waals surface area contributed by atoms with Crippen LogP contribution in [0.4, 0.5) is 0 Å². The number of methoxy groups -OCH3 is 1. The van der Waals surface area contributed by atoms with Crippen LogP contribution in [0.5, 0.6) is 0 Å². The van der Waals surface area contributed by atoms with Crippen molar-refractivity contribution in [2.45, 2.75) is 19.8 Å². The molecule has 0 bridgehead atoms. The molecular weight excluding hydrogens is 417 g/mol. The molecule has 0 spiro atoms. The van der Waals surface area contributed by atoms with Gasteiger partial charge in [0.05, 0.1) is 33.7 Å². The van der Waals surface area contributed by atoms with Gasteiger partial charge in [0.25, 0.3) is 0 Å². The first-order valence-corrected chi connectivity index (χ1v) is 9.48. The van der Waals surface area contributed by atoms with E-state index < -0.39 is 17.9 Å². The van der Waals surface area contributed by atoms with E-state index in [9.17, 15) is 9.59 Å². The summed E-state index contributed by atoms with van der Waals surface area (Å²) in [5.41, 5.74) is 1.95. The molecule has 154 valence electrons. The summed E-state index contributed by atoms with van der Waals surface area (Å²) in [5.74, 6) is 0.138. The van der Waals surface area contributed by atoms with E-state index in [2.05, 4.69) is 11.2 Å². The fourth-order valence-corrected chi connectivity index (χ4v) is 3.49. The maximum Gasteiger partial charge on any atom is 0.337 e. The average molecular weight is 438 g/mol. The van der Waals surface area contributed by atoms with Crippen molar-refractivity contribution in [3.8, 4) is 12.3 Å². The Bertz CT molecular complexity index is 914. The van der Waals surface area contributed by atoms with Crippen molar-refractivity contribution < 1.29 is 23.8 Å². The first-order chi connectivity index (χ1) is 13.8. The van der Waals surface area contributed by atoms with E-state index >= 15 is 0 Å². The van der Waals surface area contributed by atoms with E-state index in [0.29, 0.717) is 22.0 Å².